The fourth-order valence-corrected chi connectivity index (χ4v) is 1.92. The Hall–Kier alpha value is -1.62. The van der Waals surface area contributed by atoms with Crippen LogP contribution in [0.4, 0.5) is 5.69 Å². The molecule has 5 nitrogen and oxygen atoms in total. The summed E-state index contributed by atoms with van der Waals surface area (Å²) in [6.45, 7) is 1.76. The Kier molecular flexibility index (Phi) is 3.93. The van der Waals surface area contributed by atoms with E-state index in [0.29, 0.717) is 5.88 Å². The first-order chi connectivity index (χ1) is 8.29. The highest BCUT2D eigenvalue weighted by Gasteiger charge is 2.20. The summed E-state index contributed by atoms with van der Waals surface area (Å²) in [6, 6.07) is 3.48. The SMILES string of the molecule is COc1cc(NC(=O)[C@@H]2CCCNC2)ccn1. The number of ether oxygens (including phenoxy) is 1. The van der Waals surface area contributed by atoms with Gasteiger partial charge in [-0.05, 0) is 25.5 Å². The zero-order chi connectivity index (χ0) is 12.1. The second-order valence-corrected chi connectivity index (χ2v) is 4.12. The fraction of sp³-hybridized carbons (Fsp3) is 0.500. The van der Waals surface area contributed by atoms with Crippen LogP contribution in [0.3, 0.4) is 0 Å². The molecule has 5 heteroatoms. The third kappa shape index (κ3) is 3.17. The fourth-order valence-electron chi connectivity index (χ4n) is 1.92. The van der Waals surface area contributed by atoms with Gasteiger partial charge < -0.3 is 15.4 Å². The molecule has 92 valence electrons. The van der Waals surface area contributed by atoms with E-state index in [1.54, 1.807) is 25.4 Å². The summed E-state index contributed by atoms with van der Waals surface area (Å²) in [5.41, 5.74) is 0.729. The van der Waals surface area contributed by atoms with Crippen molar-refractivity contribution < 1.29 is 9.53 Å². The maximum atomic E-state index is 12.0. The topological polar surface area (TPSA) is 63.2 Å². The van der Waals surface area contributed by atoms with Crippen molar-refractivity contribution in [3.05, 3.63) is 18.3 Å². The lowest BCUT2D eigenvalue weighted by atomic mass is 9.99. The Balaban J connectivity index is 1.96. The second-order valence-electron chi connectivity index (χ2n) is 4.12. The maximum absolute atomic E-state index is 12.0. The monoisotopic (exact) mass is 235 g/mol. The van der Waals surface area contributed by atoms with Crippen molar-refractivity contribution in [2.24, 2.45) is 5.92 Å². The van der Waals surface area contributed by atoms with Crippen LogP contribution in [0.5, 0.6) is 5.88 Å². The average molecular weight is 235 g/mol. The highest BCUT2D eigenvalue weighted by molar-refractivity contribution is 5.92. The molecule has 0 radical (unpaired) electrons. The number of nitrogens with zero attached hydrogens (tertiary/aromatic N) is 1. The molecule has 2 heterocycles. The third-order valence-corrected chi connectivity index (χ3v) is 2.88. The van der Waals surface area contributed by atoms with Crippen LogP contribution in [-0.2, 0) is 4.79 Å². The smallest absolute Gasteiger partial charge is 0.228 e. The number of hydrogen-bond donors (Lipinski definition) is 2. The average Bonchev–Trinajstić information content (AvgIpc) is 2.40. The first-order valence-corrected chi connectivity index (χ1v) is 5.81. The first-order valence-electron chi connectivity index (χ1n) is 5.81. The van der Waals surface area contributed by atoms with Crippen molar-refractivity contribution in [1.29, 1.82) is 0 Å². The predicted octanol–water partition coefficient (Wildman–Crippen LogP) is 1.03. The normalized spacial score (nSPS) is 19.7. The molecular formula is C12H17N3O2. The minimum absolute atomic E-state index is 0.0583. The van der Waals surface area contributed by atoms with Crippen LogP contribution in [0.25, 0.3) is 0 Å². The molecule has 1 atom stereocenters. The molecule has 1 amide bonds. The van der Waals surface area contributed by atoms with E-state index in [0.717, 1.165) is 31.6 Å². The van der Waals surface area contributed by atoms with Crippen molar-refractivity contribution in [3.8, 4) is 5.88 Å². The molecular weight excluding hydrogens is 218 g/mol. The Morgan fingerprint density at radius 2 is 2.53 bits per heavy atom. The summed E-state index contributed by atoms with van der Waals surface area (Å²) in [6.07, 6.45) is 3.62. The van der Waals surface area contributed by atoms with Crippen LogP contribution < -0.4 is 15.4 Å². The summed E-state index contributed by atoms with van der Waals surface area (Å²) >= 11 is 0. The summed E-state index contributed by atoms with van der Waals surface area (Å²) in [7, 11) is 1.55. The van der Waals surface area contributed by atoms with Gasteiger partial charge in [-0.25, -0.2) is 4.98 Å². The minimum atomic E-state index is 0.0583. The molecule has 0 aliphatic carbocycles. The predicted molar refractivity (Wildman–Crippen MR) is 65.0 cm³/mol. The number of carbonyl (C=O) groups excluding carboxylic acids is 1. The van der Waals surface area contributed by atoms with Crippen LogP contribution in [0.2, 0.25) is 0 Å². The van der Waals surface area contributed by atoms with Gasteiger partial charge in [0.1, 0.15) is 0 Å². The van der Waals surface area contributed by atoms with E-state index in [1.807, 2.05) is 0 Å². The maximum Gasteiger partial charge on any atom is 0.228 e. The van der Waals surface area contributed by atoms with Crippen molar-refractivity contribution in [1.82, 2.24) is 10.3 Å². The molecule has 1 fully saturated rings. The first kappa shape index (κ1) is 11.9. The molecule has 1 aromatic heterocycles. The molecule has 0 spiro atoms. The van der Waals surface area contributed by atoms with E-state index in [2.05, 4.69) is 15.6 Å². The van der Waals surface area contributed by atoms with E-state index in [4.69, 9.17) is 4.74 Å². The van der Waals surface area contributed by atoms with E-state index in [-0.39, 0.29) is 11.8 Å². The molecule has 2 rings (SSSR count). The Labute approximate surface area is 101 Å². The summed E-state index contributed by atoms with van der Waals surface area (Å²) in [5.74, 6) is 0.623. The molecule has 2 N–H and O–H groups in total. The number of amides is 1. The minimum Gasteiger partial charge on any atom is -0.481 e. The number of hydrogen-bond acceptors (Lipinski definition) is 4. The number of methoxy groups -OCH3 is 1. The van der Waals surface area contributed by atoms with Crippen LogP contribution in [0, 0.1) is 5.92 Å². The summed E-state index contributed by atoms with van der Waals surface area (Å²) < 4.78 is 5.01. The lowest BCUT2D eigenvalue weighted by molar-refractivity contribution is -0.120. The van der Waals surface area contributed by atoms with Gasteiger partial charge in [0.05, 0.1) is 13.0 Å². The van der Waals surface area contributed by atoms with E-state index in [9.17, 15) is 4.79 Å². The lowest BCUT2D eigenvalue weighted by Gasteiger charge is -2.21. The number of aromatic nitrogens is 1. The van der Waals surface area contributed by atoms with Gasteiger partial charge in [0, 0.05) is 24.5 Å². The third-order valence-electron chi connectivity index (χ3n) is 2.88. The standard InChI is InChI=1S/C12H17N3O2/c1-17-11-7-10(4-6-14-11)15-12(16)9-3-2-5-13-8-9/h4,6-7,9,13H,2-3,5,8H2,1H3,(H,14,15,16)/t9-/m1/s1. The molecule has 0 unspecified atom stereocenters. The van der Waals surface area contributed by atoms with Gasteiger partial charge >= 0.3 is 0 Å². The van der Waals surface area contributed by atoms with Crippen molar-refractivity contribution in [2.45, 2.75) is 12.8 Å². The van der Waals surface area contributed by atoms with E-state index in [1.165, 1.54) is 0 Å². The van der Waals surface area contributed by atoms with Gasteiger partial charge in [-0.1, -0.05) is 0 Å². The Bertz CT molecular complexity index is 389. The second kappa shape index (κ2) is 5.63. The van der Waals surface area contributed by atoms with Crippen LogP contribution in [0.15, 0.2) is 18.3 Å². The molecule has 17 heavy (non-hydrogen) atoms. The zero-order valence-corrected chi connectivity index (χ0v) is 9.90. The molecule has 1 aliphatic rings. The van der Waals surface area contributed by atoms with E-state index >= 15 is 0 Å². The van der Waals surface area contributed by atoms with E-state index < -0.39 is 0 Å². The number of carbonyl (C=O) groups is 1. The van der Waals surface area contributed by atoms with Gasteiger partial charge in [0.15, 0.2) is 0 Å². The van der Waals surface area contributed by atoms with Crippen molar-refractivity contribution >= 4 is 11.6 Å². The van der Waals surface area contributed by atoms with Gasteiger partial charge in [-0.3, -0.25) is 4.79 Å². The zero-order valence-electron chi connectivity index (χ0n) is 9.90. The molecule has 1 aromatic rings. The van der Waals surface area contributed by atoms with Crippen LogP contribution >= 0.6 is 0 Å². The number of piperidine rings is 1. The van der Waals surface area contributed by atoms with Gasteiger partial charge in [0.2, 0.25) is 11.8 Å². The van der Waals surface area contributed by atoms with Crippen molar-refractivity contribution in [2.75, 3.05) is 25.5 Å². The van der Waals surface area contributed by atoms with Crippen LogP contribution in [0.1, 0.15) is 12.8 Å². The van der Waals surface area contributed by atoms with Gasteiger partial charge in [-0.15, -0.1) is 0 Å². The number of anilines is 1. The van der Waals surface area contributed by atoms with Crippen LogP contribution in [-0.4, -0.2) is 31.1 Å². The van der Waals surface area contributed by atoms with Crippen molar-refractivity contribution in [3.63, 3.8) is 0 Å². The number of pyridine rings is 1. The molecule has 0 bridgehead atoms. The summed E-state index contributed by atoms with van der Waals surface area (Å²) in [4.78, 5) is 15.9. The molecule has 1 saturated heterocycles. The number of rotatable bonds is 3. The Morgan fingerprint density at radius 1 is 1.65 bits per heavy atom. The van der Waals surface area contributed by atoms with Gasteiger partial charge in [0.25, 0.3) is 0 Å². The highest BCUT2D eigenvalue weighted by atomic mass is 16.5. The highest BCUT2D eigenvalue weighted by Crippen LogP contribution is 2.16. The molecule has 0 aromatic carbocycles. The number of nitrogens with one attached hydrogen (secondary N) is 2. The molecule has 0 saturated carbocycles. The quantitative estimate of drug-likeness (QED) is 0.821. The lowest BCUT2D eigenvalue weighted by Crippen LogP contribution is -2.37. The Morgan fingerprint density at radius 3 is 3.24 bits per heavy atom. The summed E-state index contributed by atoms with van der Waals surface area (Å²) in [5, 5.41) is 6.11. The van der Waals surface area contributed by atoms with Gasteiger partial charge in [-0.2, -0.15) is 0 Å². The molecule has 1 aliphatic heterocycles. The largest absolute Gasteiger partial charge is 0.481 e.